The van der Waals surface area contributed by atoms with E-state index in [0.717, 1.165) is 44.6 Å². The summed E-state index contributed by atoms with van der Waals surface area (Å²) in [6, 6.07) is 13.0. The number of hydrogen-bond acceptors (Lipinski definition) is 7. The van der Waals surface area contributed by atoms with Crippen LogP contribution in [0.15, 0.2) is 55.1 Å². The maximum atomic E-state index is 11.7. The van der Waals surface area contributed by atoms with Crippen molar-refractivity contribution in [1.82, 2.24) is 10.3 Å². The highest BCUT2D eigenvalue weighted by molar-refractivity contribution is 7.21. The van der Waals surface area contributed by atoms with E-state index in [4.69, 9.17) is 4.98 Å². The minimum absolute atomic E-state index is 0.0392. The Kier molecular flexibility index (Phi) is 6.39. The highest BCUT2D eigenvalue weighted by Gasteiger charge is 2.16. The summed E-state index contributed by atoms with van der Waals surface area (Å²) >= 11 is 1.46. The van der Waals surface area contributed by atoms with Crippen molar-refractivity contribution < 1.29 is 14.7 Å². The molecule has 168 valence electrons. The molecular weight excluding hydrogens is 436 g/mol. The fraction of sp³-hybridized carbons (Fsp3) is 0.160. The third kappa shape index (κ3) is 4.44. The number of hydrogen-bond donors (Lipinski definition) is 4. The van der Waals surface area contributed by atoms with Crippen molar-refractivity contribution >= 4 is 55.9 Å². The van der Waals surface area contributed by atoms with Gasteiger partial charge >= 0.3 is 0 Å². The van der Waals surface area contributed by atoms with Crippen molar-refractivity contribution in [3.8, 4) is 17.0 Å². The first-order chi connectivity index (χ1) is 15.9. The van der Waals surface area contributed by atoms with Gasteiger partial charge in [-0.2, -0.15) is 0 Å². The van der Waals surface area contributed by atoms with E-state index < -0.39 is 5.91 Å². The smallest absolute Gasteiger partial charge is 0.247 e. The molecule has 0 unspecified atom stereocenters. The molecule has 1 amide bonds. The number of phenolic OH excluding ortho intramolecular Hbond substituents is 1. The molecule has 33 heavy (non-hydrogen) atoms. The largest absolute Gasteiger partial charge is 0.506 e. The molecule has 0 aliphatic carbocycles. The maximum absolute atomic E-state index is 11.7. The lowest BCUT2D eigenvalue weighted by molar-refractivity contribution is -0.111. The van der Waals surface area contributed by atoms with Crippen molar-refractivity contribution in [1.29, 1.82) is 0 Å². The lowest BCUT2D eigenvalue weighted by atomic mass is 10.1. The number of aldehydes is 1. The van der Waals surface area contributed by atoms with E-state index in [-0.39, 0.29) is 17.5 Å². The number of benzene rings is 2. The summed E-state index contributed by atoms with van der Waals surface area (Å²) in [6.45, 7) is 6.18. The molecule has 7 nitrogen and oxygen atoms in total. The number of nitrogens with one attached hydrogen (secondary N) is 3. The number of amides is 1. The Morgan fingerprint density at radius 3 is 2.79 bits per heavy atom. The molecule has 2 aromatic heterocycles. The van der Waals surface area contributed by atoms with Crippen LogP contribution >= 0.6 is 11.3 Å². The molecule has 0 fully saturated rings. The number of carbonyl (C=O) groups excluding carboxylic acids is 2. The third-order valence-corrected chi connectivity index (χ3v) is 6.55. The summed E-state index contributed by atoms with van der Waals surface area (Å²) in [5.74, 6) is -0.449. The number of rotatable bonds is 8. The number of anilines is 2. The first kappa shape index (κ1) is 22.4. The predicted molar refractivity (Wildman–Crippen MR) is 135 cm³/mol. The molecule has 0 bridgehead atoms. The molecule has 0 radical (unpaired) electrons. The van der Waals surface area contributed by atoms with E-state index >= 15 is 0 Å². The molecule has 1 atom stereocenters. The van der Waals surface area contributed by atoms with Gasteiger partial charge in [-0.15, -0.1) is 11.3 Å². The molecular formula is C25H24N4O3S. The zero-order valence-corrected chi connectivity index (χ0v) is 19.1. The minimum atomic E-state index is -0.410. The highest BCUT2D eigenvalue weighted by Crippen LogP contribution is 2.40. The van der Waals surface area contributed by atoms with Gasteiger partial charge in [0, 0.05) is 33.6 Å². The van der Waals surface area contributed by atoms with E-state index in [2.05, 4.69) is 29.5 Å². The number of nitrogens with zero attached hydrogens (tertiary/aromatic N) is 1. The van der Waals surface area contributed by atoms with Crippen molar-refractivity contribution in [2.24, 2.45) is 0 Å². The molecule has 4 N–H and O–H groups in total. The quantitative estimate of drug-likeness (QED) is 0.171. The van der Waals surface area contributed by atoms with Crippen LogP contribution in [-0.2, 0) is 4.79 Å². The van der Waals surface area contributed by atoms with Gasteiger partial charge in [-0.3, -0.25) is 9.59 Å². The second kappa shape index (κ2) is 9.40. The van der Waals surface area contributed by atoms with E-state index in [1.807, 2.05) is 31.3 Å². The molecule has 4 aromatic rings. The number of carbonyl (C=O) groups is 2. The summed E-state index contributed by atoms with van der Waals surface area (Å²) in [4.78, 5) is 28.9. The fourth-order valence-electron chi connectivity index (χ4n) is 3.58. The minimum Gasteiger partial charge on any atom is -0.506 e. The van der Waals surface area contributed by atoms with Gasteiger partial charge in [-0.1, -0.05) is 6.58 Å². The van der Waals surface area contributed by atoms with Crippen LogP contribution < -0.4 is 16.0 Å². The first-order valence-corrected chi connectivity index (χ1v) is 11.3. The number of phenols is 1. The van der Waals surface area contributed by atoms with Gasteiger partial charge in [-0.25, -0.2) is 4.98 Å². The molecule has 0 saturated heterocycles. The number of fused-ring (bicyclic) bond motifs is 3. The summed E-state index contributed by atoms with van der Waals surface area (Å²) in [6.07, 6.45) is 2.03. The van der Waals surface area contributed by atoms with Crippen LogP contribution in [0.25, 0.3) is 32.2 Å². The third-order valence-electron chi connectivity index (χ3n) is 5.47. The van der Waals surface area contributed by atoms with Gasteiger partial charge in [0.05, 0.1) is 27.5 Å². The van der Waals surface area contributed by atoms with Crippen molar-refractivity contribution in [3.63, 3.8) is 0 Å². The Hall–Kier alpha value is -3.75. The monoisotopic (exact) mass is 460 g/mol. The number of likely N-dealkylation sites (N-methyl/N-ethyl adjacent to an activating group) is 1. The van der Waals surface area contributed by atoms with Crippen LogP contribution in [0.2, 0.25) is 0 Å². The van der Waals surface area contributed by atoms with E-state index in [0.29, 0.717) is 17.1 Å². The van der Waals surface area contributed by atoms with Crippen LogP contribution in [0.5, 0.6) is 5.75 Å². The Balaban J connectivity index is 1.79. The van der Waals surface area contributed by atoms with E-state index in [1.54, 1.807) is 12.1 Å². The number of pyridine rings is 1. The molecule has 0 aliphatic rings. The first-order valence-electron chi connectivity index (χ1n) is 10.4. The fourth-order valence-corrected chi connectivity index (χ4v) is 4.59. The molecule has 0 spiro atoms. The molecule has 4 rings (SSSR count). The SMILES string of the molecule is C=CC(=O)Nc1cc(-c2ccc3c(ccc4sc(C=O)c(NC[C@@H](C)NC)c43)n2)ccc1O. The average molecular weight is 461 g/mol. The number of aromatic hydroxyl groups is 1. The number of aromatic nitrogens is 1. The van der Waals surface area contributed by atoms with Gasteiger partial charge in [0.2, 0.25) is 5.91 Å². The lowest BCUT2D eigenvalue weighted by Gasteiger charge is -2.13. The summed E-state index contributed by atoms with van der Waals surface area (Å²) in [7, 11) is 1.90. The van der Waals surface area contributed by atoms with Crippen LogP contribution in [-0.4, -0.2) is 41.9 Å². The Morgan fingerprint density at radius 1 is 1.24 bits per heavy atom. The number of thiophene rings is 1. The Morgan fingerprint density at radius 2 is 2.06 bits per heavy atom. The molecule has 2 heterocycles. The maximum Gasteiger partial charge on any atom is 0.247 e. The normalized spacial score (nSPS) is 11.9. The second-order valence-electron chi connectivity index (χ2n) is 7.66. The summed E-state index contributed by atoms with van der Waals surface area (Å²) in [5.41, 5.74) is 3.33. The lowest BCUT2D eigenvalue weighted by Crippen LogP contribution is -2.29. The van der Waals surface area contributed by atoms with Crippen LogP contribution in [0.4, 0.5) is 11.4 Å². The van der Waals surface area contributed by atoms with Gasteiger partial charge < -0.3 is 21.1 Å². The van der Waals surface area contributed by atoms with Crippen molar-refractivity contribution in [2.45, 2.75) is 13.0 Å². The van der Waals surface area contributed by atoms with Crippen LogP contribution in [0.3, 0.4) is 0 Å². The second-order valence-corrected chi connectivity index (χ2v) is 8.74. The van der Waals surface area contributed by atoms with Gasteiger partial charge in [-0.05, 0) is 62.5 Å². The van der Waals surface area contributed by atoms with Crippen LogP contribution in [0, 0.1) is 0 Å². The van der Waals surface area contributed by atoms with Crippen molar-refractivity contribution in [3.05, 3.63) is 60.0 Å². The molecule has 2 aromatic carbocycles. The van der Waals surface area contributed by atoms with Crippen molar-refractivity contribution in [2.75, 3.05) is 24.2 Å². The topological polar surface area (TPSA) is 103 Å². The van der Waals surface area contributed by atoms with E-state index in [1.165, 1.54) is 17.4 Å². The highest BCUT2D eigenvalue weighted by atomic mass is 32.1. The summed E-state index contributed by atoms with van der Waals surface area (Å²) in [5, 5.41) is 21.2. The van der Waals surface area contributed by atoms with Gasteiger partial charge in [0.25, 0.3) is 0 Å². The zero-order chi connectivity index (χ0) is 23.5. The predicted octanol–water partition coefficient (Wildman–Crippen LogP) is 4.78. The van der Waals surface area contributed by atoms with Gasteiger partial charge in [0.1, 0.15) is 5.75 Å². The molecule has 0 aliphatic heterocycles. The zero-order valence-electron chi connectivity index (χ0n) is 18.3. The van der Waals surface area contributed by atoms with Gasteiger partial charge in [0.15, 0.2) is 6.29 Å². The Bertz CT molecular complexity index is 1380. The van der Waals surface area contributed by atoms with E-state index in [9.17, 15) is 14.7 Å². The Labute approximate surface area is 195 Å². The average Bonchev–Trinajstić information content (AvgIpc) is 3.21. The summed E-state index contributed by atoms with van der Waals surface area (Å²) < 4.78 is 1.01. The van der Waals surface area contributed by atoms with Crippen LogP contribution in [0.1, 0.15) is 16.6 Å². The molecule has 8 heteroatoms. The molecule has 0 saturated carbocycles. The standard InChI is InChI=1S/C25H24N4O3S/c1-4-23(32)29-19-11-15(5-9-20(19)31)17-7-6-16-18(28-17)8-10-21-24(16)25(22(13-30)33-21)27-12-14(2)26-3/h4-11,13-14,26-27,31H,1,12H2,2-3H3,(H,29,32)/t14-/m1/s1.